The number of nitriles is 1. The van der Waals surface area contributed by atoms with Gasteiger partial charge >= 0.3 is 5.97 Å². The fourth-order valence-electron chi connectivity index (χ4n) is 3.38. The number of benzene rings is 2. The molecule has 0 amide bonds. The van der Waals surface area contributed by atoms with Crippen molar-refractivity contribution in [2.24, 2.45) is 0 Å². The summed E-state index contributed by atoms with van der Waals surface area (Å²) >= 11 is 0. The maximum Gasteiger partial charge on any atom is 0.337 e. The van der Waals surface area contributed by atoms with Crippen LogP contribution < -0.4 is 9.47 Å². The average molecular weight is 418 g/mol. The topological polar surface area (TPSA) is 90.5 Å². The number of nitrogens with zero attached hydrogens (tertiary/aromatic N) is 2. The fraction of sp³-hybridized carbons (Fsp3) is 0.208. The molecule has 0 saturated carbocycles. The Bertz CT molecular complexity index is 1170. The van der Waals surface area contributed by atoms with E-state index in [0.29, 0.717) is 28.2 Å². The zero-order chi connectivity index (χ0) is 22.5. The summed E-state index contributed by atoms with van der Waals surface area (Å²) in [4.78, 5) is 24.5. The van der Waals surface area contributed by atoms with Gasteiger partial charge in [0.25, 0.3) is 0 Å². The van der Waals surface area contributed by atoms with Gasteiger partial charge in [0.05, 0.1) is 31.4 Å². The van der Waals surface area contributed by atoms with E-state index in [1.54, 1.807) is 42.5 Å². The van der Waals surface area contributed by atoms with Crippen LogP contribution in [0.1, 0.15) is 37.7 Å². The average Bonchev–Trinajstić information content (AvgIpc) is 3.10. The van der Waals surface area contributed by atoms with Gasteiger partial charge in [0.1, 0.15) is 0 Å². The predicted octanol–water partition coefficient (Wildman–Crippen LogP) is 4.02. The number of hydrogen-bond acceptors (Lipinski definition) is 6. The number of hydrogen-bond donors (Lipinski definition) is 0. The number of Topliss-reactive ketones (excluding diaryl/α,β-unsaturated/α-hetero) is 1. The van der Waals surface area contributed by atoms with E-state index in [4.69, 9.17) is 19.5 Å². The van der Waals surface area contributed by atoms with Crippen molar-refractivity contribution >= 4 is 11.8 Å². The Balaban J connectivity index is 1.81. The molecule has 0 bridgehead atoms. The van der Waals surface area contributed by atoms with Gasteiger partial charge in [0.15, 0.2) is 18.1 Å². The molecule has 0 aliphatic carbocycles. The second kappa shape index (κ2) is 9.18. The minimum atomic E-state index is -0.404. The van der Waals surface area contributed by atoms with Gasteiger partial charge in [-0.1, -0.05) is 0 Å². The molecule has 0 radical (unpaired) electrons. The molecule has 1 heterocycles. The molecule has 3 rings (SSSR count). The number of aryl methyl sites for hydroxylation is 1. The summed E-state index contributed by atoms with van der Waals surface area (Å²) in [5.74, 6) is 0.195. The Hall–Kier alpha value is -4.05. The number of carbonyl (C=O) groups is 2. The highest BCUT2D eigenvalue weighted by Crippen LogP contribution is 2.28. The van der Waals surface area contributed by atoms with Crippen LogP contribution >= 0.6 is 0 Å². The third-order valence-electron chi connectivity index (χ3n) is 4.93. The highest BCUT2D eigenvalue weighted by atomic mass is 16.5. The summed E-state index contributed by atoms with van der Waals surface area (Å²) in [5.41, 5.74) is 3.91. The molecule has 7 heteroatoms. The smallest absolute Gasteiger partial charge is 0.337 e. The van der Waals surface area contributed by atoms with Gasteiger partial charge in [0, 0.05) is 28.7 Å². The van der Waals surface area contributed by atoms with Gasteiger partial charge in [-0.05, 0) is 56.3 Å². The number of esters is 1. The largest absolute Gasteiger partial charge is 0.493 e. The van der Waals surface area contributed by atoms with Crippen molar-refractivity contribution in [1.82, 2.24) is 4.57 Å². The highest BCUT2D eigenvalue weighted by molar-refractivity contribution is 5.99. The maximum atomic E-state index is 12.8. The molecule has 0 N–H and O–H groups in total. The Labute approximate surface area is 180 Å². The first-order valence-corrected chi connectivity index (χ1v) is 9.51. The number of ether oxygens (including phenoxy) is 3. The van der Waals surface area contributed by atoms with Gasteiger partial charge in [0.2, 0.25) is 5.78 Å². The molecule has 0 atom stereocenters. The molecular formula is C24H22N2O5. The quantitative estimate of drug-likeness (QED) is 0.425. The lowest BCUT2D eigenvalue weighted by atomic mass is 10.1. The number of methoxy groups -OCH3 is 2. The van der Waals surface area contributed by atoms with Crippen molar-refractivity contribution in [3.63, 3.8) is 0 Å². The summed E-state index contributed by atoms with van der Waals surface area (Å²) in [6.07, 6.45) is 0. The van der Waals surface area contributed by atoms with Gasteiger partial charge in [-0.25, -0.2) is 4.79 Å². The van der Waals surface area contributed by atoms with Crippen LogP contribution in [-0.2, 0) is 4.74 Å². The number of ketones is 1. The number of aromatic nitrogens is 1. The summed E-state index contributed by atoms with van der Waals surface area (Å²) in [7, 11) is 2.81. The molecule has 2 aromatic carbocycles. The Morgan fingerprint density at radius 1 is 1.00 bits per heavy atom. The SMILES string of the molecule is COC(=O)c1ccc(-n2c(C)cc(C(=O)COc3ccc(C#N)cc3OC)c2C)cc1. The third kappa shape index (κ3) is 4.43. The van der Waals surface area contributed by atoms with E-state index in [1.165, 1.54) is 14.2 Å². The van der Waals surface area contributed by atoms with Crippen LogP contribution in [0.2, 0.25) is 0 Å². The van der Waals surface area contributed by atoms with Crippen molar-refractivity contribution in [1.29, 1.82) is 5.26 Å². The monoisotopic (exact) mass is 418 g/mol. The van der Waals surface area contributed by atoms with Gasteiger partial charge in [-0.3, -0.25) is 4.79 Å². The van der Waals surface area contributed by atoms with Crippen LogP contribution in [0.15, 0.2) is 48.5 Å². The lowest BCUT2D eigenvalue weighted by Gasteiger charge is -2.12. The standard InChI is InChI=1S/C24H22N2O5/c1-15-11-20(16(2)26(15)19-8-6-18(7-9-19)24(28)30-4)21(27)14-31-22-10-5-17(13-25)12-23(22)29-3/h5-12H,14H2,1-4H3. The van der Waals surface area contributed by atoms with Crippen molar-refractivity contribution in [3.8, 4) is 23.3 Å². The van der Waals surface area contributed by atoms with Crippen LogP contribution in [-0.4, -0.2) is 37.1 Å². The molecule has 0 fully saturated rings. The van der Waals surface area contributed by atoms with Crippen molar-refractivity contribution in [2.45, 2.75) is 13.8 Å². The second-order valence-electron chi connectivity index (χ2n) is 6.85. The normalized spacial score (nSPS) is 10.3. The Morgan fingerprint density at radius 3 is 2.32 bits per heavy atom. The first-order valence-electron chi connectivity index (χ1n) is 9.51. The minimum absolute atomic E-state index is 0.173. The van der Waals surface area contributed by atoms with Crippen LogP contribution in [0.4, 0.5) is 0 Å². The maximum absolute atomic E-state index is 12.8. The summed E-state index contributed by atoms with van der Waals surface area (Å²) in [6, 6.07) is 15.6. The van der Waals surface area contributed by atoms with Crippen molar-refractivity contribution in [3.05, 3.63) is 76.6 Å². The van der Waals surface area contributed by atoms with E-state index in [-0.39, 0.29) is 12.4 Å². The highest BCUT2D eigenvalue weighted by Gasteiger charge is 2.18. The van der Waals surface area contributed by atoms with Crippen LogP contribution in [0.3, 0.4) is 0 Å². The van der Waals surface area contributed by atoms with E-state index in [2.05, 4.69) is 0 Å². The van der Waals surface area contributed by atoms with Crippen LogP contribution in [0.25, 0.3) is 5.69 Å². The van der Waals surface area contributed by atoms with Gasteiger partial charge < -0.3 is 18.8 Å². The van der Waals surface area contributed by atoms with Crippen molar-refractivity contribution in [2.75, 3.05) is 20.8 Å². The molecule has 3 aromatic rings. The molecule has 158 valence electrons. The molecule has 0 aliphatic rings. The van der Waals surface area contributed by atoms with Gasteiger partial charge in [-0.15, -0.1) is 0 Å². The zero-order valence-electron chi connectivity index (χ0n) is 17.8. The fourth-order valence-corrected chi connectivity index (χ4v) is 3.38. The van der Waals surface area contributed by atoms with Crippen LogP contribution in [0.5, 0.6) is 11.5 Å². The van der Waals surface area contributed by atoms with Crippen LogP contribution in [0, 0.1) is 25.2 Å². The summed E-state index contributed by atoms with van der Waals surface area (Å²) in [6.45, 7) is 3.59. The molecule has 1 aromatic heterocycles. The third-order valence-corrected chi connectivity index (χ3v) is 4.93. The molecule has 0 saturated heterocycles. The lowest BCUT2D eigenvalue weighted by molar-refractivity contribution is 0.0600. The van der Waals surface area contributed by atoms with E-state index in [9.17, 15) is 9.59 Å². The Kier molecular flexibility index (Phi) is 6.41. The molecule has 0 unspecified atom stereocenters. The van der Waals surface area contributed by atoms with E-state index < -0.39 is 5.97 Å². The summed E-state index contributed by atoms with van der Waals surface area (Å²) in [5, 5.41) is 9.00. The molecule has 7 nitrogen and oxygen atoms in total. The van der Waals surface area contributed by atoms with E-state index in [1.807, 2.05) is 30.6 Å². The predicted molar refractivity (Wildman–Crippen MR) is 114 cm³/mol. The first-order chi connectivity index (χ1) is 14.9. The summed E-state index contributed by atoms with van der Waals surface area (Å²) < 4.78 is 17.6. The zero-order valence-corrected chi connectivity index (χ0v) is 17.8. The van der Waals surface area contributed by atoms with Crippen molar-refractivity contribution < 1.29 is 23.8 Å². The van der Waals surface area contributed by atoms with Gasteiger partial charge in [-0.2, -0.15) is 5.26 Å². The second-order valence-corrected chi connectivity index (χ2v) is 6.85. The molecule has 0 spiro atoms. The van der Waals surface area contributed by atoms with E-state index >= 15 is 0 Å². The lowest BCUT2D eigenvalue weighted by Crippen LogP contribution is -2.13. The molecule has 0 aliphatic heterocycles. The molecular weight excluding hydrogens is 396 g/mol. The number of rotatable bonds is 7. The molecule has 31 heavy (non-hydrogen) atoms. The van der Waals surface area contributed by atoms with E-state index in [0.717, 1.165) is 17.1 Å². The number of carbonyl (C=O) groups excluding carboxylic acids is 2. The first kappa shape index (κ1) is 21.7. The minimum Gasteiger partial charge on any atom is -0.493 e. The Morgan fingerprint density at radius 2 is 1.71 bits per heavy atom.